The molecule has 0 saturated carbocycles. The van der Waals surface area contributed by atoms with Crippen LogP contribution in [0, 0.1) is 0 Å². The number of likely N-dealkylation sites (tertiary alicyclic amines) is 1. The number of rotatable bonds is 8. The van der Waals surface area contributed by atoms with Crippen LogP contribution in [0.5, 0.6) is 0 Å². The first-order valence-corrected chi connectivity index (χ1v) is 12.4. The maximum Gasteiger partial charge on any atom is 0.191 e. The van der Waals surface area contributed by atoms with Crippen molar-refractivity contribution in [3.8, 4) is 0 Å². The van der Waals surface area contributed by atoms with Crippen LogP contribution >= 0.6 is 24.0 Å². The molecule has 0 spiro atoms. The van der Waals surface area contributed by atoms with Gasteiger partial charge in [0.25, 0.3) is 0 Å². The maximum atomic E-state index is 5.67. The average Bonchev–Trinajstić information content (AvgIpc) is 3.37. The molecule has 2 aromatic rings. The van der Waals surface area contributed by atoms with Crippen LogP contribution in [0.3, 0.4) is 0 Å². The number of hydrogen-bond acceptors (Lipinski definition) is 4. The van der Waals surface area contributed by atoms with E-state index in [1.165, 1.54) is 42.6 Å². The lowest BCUT2D eigenvalue weighted by molar-refractivity contribution is -0.0212. The number of nitrogens with one attached hydrogen (secondary N) is 2. The van der Waals surface area contributed by atoms with Gasteiger partial charge < -0.3 is 15.4 Å². The van der Waals surface area contributed by atoms with E-state index in [1.54, 1.807) is 0 Å². The van der Waals surface area contributed by atoms with Gasteiger partial charge in [-0.05, 0) is 49.5 Å². The predicted octanol–water partition coefficient (Wildman–Crippen LogP) is 4.03. The molecule has 4 rings (SSSR count). The van der Waals surface area contributed by atoms with Crippen LogP contribution in [0.15, 0.2) is 59.6 Å². The van der Waals surface area contributed by atoms with E-state index in [0.717, 1.165) is 45.3 Å². The van der Waals surface area contributed by atoms with Gasteiger partial charge in [-0.2, -0.15) is 0 Å². The van der Waals surface area contributed by atoms with Crippen LogP contribution in [0.25, 0.3) is 0 Å². The van der Waals surface area contributed by atoms with Gasteiger partial charge in [0.1, 0.15) is 0 Å². The van der Waals surface area contributed by atoms with Crippen molar-refractivity contribution in [3.05, 3.63) is 71.3 Å². The second-order valence-corrected chi connectivity index (χ2v) is 9.21. The molecule has 0 aliphatic carbocycles. The minimum absolute atomic E-state index is 0. The Kier molecular flexibility index (Phi) is 11.1. The van der Waals surface area contributed by atoms with Crippen molar-refractivity contribution in [3.63, 3.8) is 0 Å². The van der Waals surface area contributed by atoms with Gasteiger partial charge in [0.2, 0.25) is 0 Å². The van der Waals surface area contributed by atoms with Crippen molar-refractivity contribution in [1.82, 2.24) is 20.4 Å². The second kappa shape index (κ2) is 14.0. The number of halogens is 1. The molecule has 2 unspecified atom stereocenters. The van der Waals surface area contributed by atoms with Gasteiger partial charge in [-0.1, -0.05) is 54.6 Å². The molecule has 2 aliphatic heterocycles. The van der Waals surface area contributed by atoms with Crippen molar-refractivity contribution in [2.24, 2.45) is 4.99 Å². The molecule has 6 nitrogen and oxygen atoms in total. The Morgan fingerprint density at radius 2 is 1.79 bits per heavy atom. The zero-order valence-corrected chi connectivity index (χ0v) is 22.9. The summed E-state index contributed by atoms with van der Waals surface area (Å²) in [6, 6.07) is 20.1. The standard InChI is InChI=1S/C27H39N5O.HI/c1-22-20-31(15-16-33-22)21-24-10-8-9-23(17-24)18-29-27(28-2)30-19-26(32-13-6-7-14-32)25-11-4-3-5-12-25;/h3-5,8-12,17,22,26H,6-7,13-16,18-21H2,1-2H3,(H2,28,29,30);1H. The Labute approximate surface area is 222 Å². The highest BCUT2D eigenvalue weighted by molar-refractivity contribution is 14.0. The molecule has 0 aromatic heterocycles. The highest BCUT2D eigenvalue weighted by Gasteiger charge is 2.23. The number of ether oxygens (including phenoxy) is 1. The van der Waals surface area contributed by atoms with Crippen molar-refractivity contribution in [2.45, 2.75) is 45.0 Å². The van der Waals surface area contributed by atoms with Gasteiger partial charge >= 0.3 is 0 Å². The summed E-state index contributed by atoms with van der Waals surface area (Å²) in [5.74, 6) is 0.850. The van der Waals surface area contributed by atoms with E-state index in [4.69, 9.17) is 4.74 Å². The summed E-state index contributed by atoms with van der Waals surface area (Å²) in [6.45, 7) is 9.89. The van der Waals surface area contributed by atoms with Crippen LogP contribution in [-0.4, -0.2) is 68.2 Å². The van der Waals surface area contributed by atoms with E-state index < -0.39 is 0 Å². The Balaban J connectivity index is 0.00000324. The normalized spacial score (nSPS) is 20.5. The van der Waals surface area contributed by atoms with E-state index in [9.17, 15) is 0 Å². The highest BCUT2D eigenvalue weighted by atomic mass is 127. The summed E-state index contributed by atoms with van der Waals surface area (Å²) in [4.78, 5) is 9.54. The third-order valence-electron chi connectivity index (χ3n) is 6.63. The van der Waals surface area contributed by atoms with Crippen molar-refractivity contribution >= 4 is 29.9 Å². The zero-order chi connectivity index (χ0) is 22.9. The topological polar surface area (TPSA) is 52.1 Å². The fourth-order valence-electron chi connectivity index (χ4n) is 4.92. The largest absolute Gasteiger partial charge is 0.376 e. The molecule has 186 valence electrons. The first-order valence-electron chi connectivity index (χ1n) is 12.4. The van der Waals surface area contributed by atoms with Crippen LogP contribution in [0.1, 0.15) is 42.5 Å². The number of benzene rings is 2. The molecular formula is C27H40IN5O. The van der Waals surface area contributed by atoms with E-state index >= 15 is 0 Å². The molecular weight excluding hydrogens is 537 g/mol. The molecule has 2 aliphatic rings. The Bertz CT molecular complexity index is 888. The second-order valence-electron chi connectivity index (χ2n) is 9.21. The molecule has 34 heavy (non-hydrogen) atoms. The fraction of sp³-hybridized carbons (Fsp3) is 0.519. The van der Waals surface area contributed by atoms with E-state index in [0.29, 0.717) is 12.1 Å². The molecule has 2 atom stereocenters. The van der Waals surface area contributed by atoms with E-state index in [1.807, 2.05) is 7.05 Å². The van der Waals surface area contributed by atoms with Gasteiger partial charge in [0.15, 0.2) is 5.96 Å². The van der Waals surface area contributed by atoms with Crippen LogP contribution < -0.4 is 10.6 Å². The van der Waals surface area contributed by atoms with E-state index in [-0.39, 0.29) is 24.0 Å². The first kappa shape index (κ1) is 26.9. The molecule has 0 radical (unpaired) electrons. The number of hydrogen-bond donors (Lipinski definition) is 2. The third kappa shape index (κ3) is 7.93. The summed E-state index contributed by atoms with van der Waals surface area (Å²) < 4.78 is 5.67. The smallest absolute Gasteiger partial charge is 0.191 e. The summed E-state index contributed by atoms with van der Waals surface area (Å²) in [5, 5.41) is 7.08. The van der Waals surface area contributed by atoms with Crippen LogP contribution in [0.2, 0.25) is 0 Å². The quantitative estimate of drug-likeness (QED) is 0.282. The van der Waals surface area contributed by atoms with Crippen molar-refractivity contribution in [1.29, 1.82) is 0 Å². The molecule has 0 amide bonds. The van der Waals surface area contributed by atoms with Crippen molar-refractivity contribution < 1.29 is 4.74 Å². The third-order valence-corrected chi connectivity index (χ3v) is 6.63. The zero-order valence-electron chi connectivity index (χ0n) is 20.6. The minimum Gasteiger partial charge on any atom is -0.376 e. The van der Waals surface area contributed by atoms with Crippen molar-refractivity contribution in [2.75, 3.05) is 46.4 Å². The Morgan fingerprint density at radius 1 is 1.03 bits per heavy atom. The number of morpholine rings is 1. The SMILES string of the molecule is CN=C(NCc1cccc(CN2CCOC(C)C2)c1)NCC(c1ccccc1)N1CCCC1.I. The lowest BCUT2D eigenvalue weighted by Gasteiger charge is -2.31. The van der Waals surface area contributed by atoms with Crippen LogP contribution in [-0.2, 0) is 17.8 Å². The summed E-state index contributed by atoms with van der Waals surface area (Å²) in [5.41, 5.74) is 3.99. The molecule has 7 heteroatoms. The van der Waals surface area contributed by atoms with Gasteiger partial charge in [-0.25, -0.2) is 0 Å². The molecule has 2 N–H and O–H groups in total. The minimum atomic E-state index is 0. The highest BCUT2D eigenvalue weighted by Crippen LogP contribution is 2.24. The van der Waals surface area contributed by atoms with Gasteiger partial charge in [-0.15, -0.1) is 24.0 Å². The summed E-state index contributed by atoms with van der Waals surface area (Å²) in [7, 11) is 1.85. The summed E-state index contributed by atoms with van der Waals surface area (Å²) in [6.07, 6.45) is 2.89. The first-order chi connectivity index (χ1) is 16.2. The Hall–Kier alpha value is -1.68. The monoisotopic (exact) mass is 577 g/mol. The van der Waals surface area contributed by atoms with Crippen LogP contribution in [0.4, 0.5) is 0 Å². The molecule has 2 saturated heterocycles. The molecule has 2 aromatic carbocycles. The summed E-state index contributed by atoms with van der Waals surface area (Å²) >= 11 is 0. The predicted molar refractivity (Wildman–Crippen MR) is 151 cm³/mol. The molecule has 2 fully saturated rings. The Morgan fingerprint density at radius 3 is 2.53 bits per heavy atom. The lowest BCUT2D eigenvalue weighted by Crippen LogP contribution is -2.42. The molecule has 2 heterocycles. The number of guanidine groups is 1. The average molecular weight is 578 g/mol. The van der Waals surface area contributed by atoms with Gasteiger partial charge in [0.05, 0.1) is 18.8 Å². The van der Waals surface area contributed by atoms with Gasteiger partial charge in [-0.3, -0.25) is 14.8 Å². The maximum absolute atomic E-state index is 5.67. The number of nitrogens with zero attached hydrogens (tertiary/aromatic N) is 3. The van der Waals surface area contributed by atoms with E-state index in [2.05, 4.69) is 86.9 Å². The van der Waals surface area contributed by atoms with Gasteiger partial charge in [0, 0.05) is 39.8 Å². The molecule has 0 bridgehead atoms. The lowest BCUT2D eigenvalue weighted by atomic mass is 10.1. The number of aliphatic imine (C=N–C) groups is 1. The fourth-order valence-corrected chi connectivity index (χ4v) is 4.92.